The Morgan fingerprint density at radius 1 is 1.09 bits per heavy atom. The highest BCUT2D eigenvalue weighted by molar-refractivity contribution is 9.10. The Kier molecular flexibility index (Phi) is 6.04. The second-order valence-electron chi connectivity index (χ2n) is 5.20. The zero-order valence-electron chi connectivity index (χ0n) is 13.4. The minimum atomic E-state index is -0.131. The average molecular weight is 378 g/mol. The van der Waals surface area contributed by atoms with Crippen LogP contribution < -0.4 is 14.8 Å². The maximum absolute atomic E-state index is 11.6. The predicted octanol–water partition coefficient (Wildman–Crippen LogP) is 3.89. The van der Waals surface area contributed by atoms with Gasteiger partial charge >= 0.3 is 0 Å². The molecule has 0 bridgehead atoms. The molecule has 0 aliphatic carbocycles. The van der Waals surface area contributed by atoms with Gasteiger partial charge in [-0.3, -0.25) is 4.79 Å². The van der Waals surface area contributed by atoms with E-state index in [2.05, 4.69) is 21.2 Å². The van der Waals surface area contributed by atoms with Gasteiger partial charge in [-0.05, 0) is 41.8 Å². The quantitative estimate of drug-likeness (QED) is 0.830. The standard InChI is InChI=1S/C18H20BrNO3/c1-12(21)20-16(10-13-4-7-15(19)8-5-13)14-6-9-17(22-2)18(11-14)23-3/h4-9,11,16H,10H2,1-3H3,(H,20,21). The van der Waals surface area contributed by atoms with Crippen LogP contribution >= 0.6 is 15.9 Å². The summed E-state index contributed by atoms with van der Waals surface area (Å²) in [6.07, 6.45) is 0.697. The van der Waals surface area contributed by atoms with Crippen molar-refractivity contribution in [1.82, 2.24) is 5.32 Å². The van der Waals surface area contributed by atoms with E-state index in [-0.39, 0.29) is 11.9 Å². The van der Waals surface area contributed by atoms with Crippen molar-refractivity contribution in [3.8, 4) is 11.5 Å². The lowest BCUT2D eigenvalue weighted by Gasteiger charge is -2.20. The molecule has 0 saturated carbocycles. The molecule has 2 aromatic carbocycles. The van der Waals surface area contributed by atoms with Gasteiger partial charge in [0.05, 0.1) is 20.3 Å². The molecule has 0 aliphatic rings. The SMILES string of the molecule is COc1ccc(C(Cc2ccc(Br)cc2)NC(C)=O)cc1OC. The van der Waals surface area contributed by atoms with Crippen LogP contribution in [0.25, 0.3) is 0 Å². The number of carbonyl (C=O) groups excluding carboxylic acids is 1. The molecule has 0 spiro atoms. The van der Waals surface area contributed by atoms with Crippen LogP contribution in [0.1, 0.15) is 24.1 Å². The maximum Gasteiger partial charge on any atom is 0.217 e. The number of hydrogen-bond donors (Lipinski definition) is 1. The van der Waals surface area contributed by atoms with Crippen molar-refractivity contribution in [1.29, 1.82) is 0 Å². The van der Waals surface area contributed by atoms with E-state index >= 15 is 0 Å². The fourth-order valence-corrected chi connectivity index (χ4v) is 2.69. The maximum atomic E-state index is 11.6. The van der Waals surface area contributed by atoms with Crippen molar-refractivity contribution in [2.75, 3.05) is 14.2 Å². The number of carbonyl (C=O) groups is 1. The van der Waals surface area contributed by atoms with Gasteiger partial charge in [0.15, 0.2) is 11.5 Å². The summed E-state index contributed by atoms with van der Waals surface area (Å²) in [6.45, 7) is 1.52. The molecule has 0 heterocycles. The molecule has 0 radical (unpaired) electrons. The molecule has 0 fully saturated rings. The predicted molar refractivity (Wildman–Crippen MR) is 93.9 cm³/mol. The van der Waals surface area contributed by atoms with E-state index < -0.39 is 0 Å². The van der Waals surface area contributed by atoms with Crippen molar-refractivity contribution in [2.45, 2.75) is 19.4 Å². The Morgan fingerprint density at radius 3 is 2.30 bits per heavy atom. The molecule has 0 aliphatic heterocycles. The van der Waals surface area contributed by atoms with Crippen molar-refractivity contribution in [3.05, 3.63) is 58.1 Å². The number of benzene rings is 2. The molecule has 1 amide bonds. The molecule has 23 heavy (non-hydrogen) atoms. The van der Waals surface area contributed by atoms with E-state index in [1.165, 1.54) is 6.92 Å². The van der Waals surface area contributed by atoms with Crippen LogP contribution in [0, 0.1) is 0 Å². The number of halogens is 1. The summed E-state index contributed by atoms with van der Waals surface area (Å²) in [7, 11) is 3.20. The van der Waals surface area contributed by atoms with Gasteiger partial charge in [-0.1, -0.05) is 34.1 Å². The van der Waals surface area contributed by atoms with Gasteiger partial charge in [0.2, 0.25) is 5.91 Å². The van der Waals surface area contributed by atoms with Crippen LogP contribution in [0.4, 0.5) is 0 Å². The lowest BCUT2D eigenvalue weighted by molar-refractivity contribution is -0.119. The Labute approximate surface area is 144 Å². The summed E-state index contributed by atoms with van der Waals surface area (Å²) >= 11 is 3.43. The van der Waals surface area contributed by atoms with Gasteiger partial charge < -0.3 is 14.8 Å². The molecule has 2 rings (SSSR count). The molecule has 1 atom stereocenters. The third-order valence-corrected chi connectivity index (χ3v) is 4.07. The van der Waals surface area contributed by atoms with Crippen molar-refractivity contribution >= 4 is 21.8 Å². The van der Waals surface area contributed by atoms with Gasteiger partial charge in [-0.2, -0.15) is 0 Å². The minimum Gasteiger partial charge on any atom is -0.493 e. The number of ether oxygens (including phenoxy) is 2. The molecule has 5 heteroatoms. The van der Waals surface area contributed by atoms with E-state index in [9.17, 15) is 4.79 Å². The average Bonchev–Trinajstić information content (AvgIpc) is 2.55. The summed E-state index contributed by atoms with van der Waals surface area (Å²) in [5.74, 6) is 1.25. The third-order valence-electron chi connectivity index (χ3n) is 3.54. The first-order chi connectivity index (χ1) is 11.0. The Balaban J connectivity index is 2.30. The van der Waals surface area contributed by atoms with Gasteiger partial charge in [-0.25, -0.2) is 0 Å². The number of amides is 1. The first kappa shape index (κ1) is 17.3. The molecule has 4 nitrogen and oxygen atoms in total. The Morgan fingerprint density at radius 2 is 1.74 bits per heavy atom. The molecule has 2 aromatic rings. The second-order valence-corrected chi connectivity index (χ2v) is 6.11. The number of hydrogen-bond acceptors (Lipinski definition) is 3. The Hall–Kier alpha value is -2.01. The topological polar surface area (TPSA) is 47.6 Å². The van der Waals surface area contributed by atoms with Crippen LogP contribution in [-0.4, -0.2) is 20.1 Å². The first-order valence-electron chi connectivity index (χ1n) is 7.27. The molecular formula is C18H20BrNO3. The van der Waals surface area contributed by atoms with Gasteiger partial charge in [-0.15, -0.1) is 0 Å². The van der Waals surface area contributed by atoms with Gasteiger partial charge in [0, 0.05) is 11.4 Å². The highest BCUT2D eigenvalue weighted by Crippen LogP contribution is 2.31. The van der Waals surface area contributed by atoms with Crippen LogP contribution in [0.3, 0.4) is 0 Å². The van der Waals surface area contributed by atoms with Crippen molar-refractivity contribution < 1.29 is 14.3 Å². The van der Waals surface area contributed by atoms with Crippen LogP contribution in [0.2, 0.25) is 0 Å². The van der Waals surface area contributed by atoms with Crippen LogP contribution in [0.5, 0.6) is 11.5 Å². The van der Waals surface area contributed by atoms with E-state index in [1.807, 2.05) is 42.5 Å². The number of methoxy groups -OCH3 is 2. The lowest BCUT2D eigenvalue weighted by Crippen LogP contribution is -2.27. The van der Waals surface area contributed by atoms with E-state index in [4.69, 9.17) is 9.47 Å². The van der Waals surface area contributed by atoms with E-state index in [0.717, 1.165) is 15.6 Å². The summed E-state index contributed by atoms with van der Waals surface area (Å²) in [4.78, 5) is 11.6. The zero-order valence-corrected chi connectivity index (χ0v) is 15.0. The van der Waals surface area contributed by atoms with E-state index in [1.54, 1.807) is 14.2 Å². The van der Waals surface area contributed by atoms with Crippen LogP contribution in [0.15, 0.2) is 46.9 Å². The molecular weight excluding hydrogens is 358 g/mol. The van der Waals surface area contributed by atoms with Gasteiger partial charge in [0.25, 0.3) is 0 Å². The lowest BCUT2D eigenvalue weighted by atomic mass is 9.98. The monoisotopic (exact) mass is 377 g/mol. The molecule has 122 valence electrons. The third kappa shape index (κ3) is 4.73. The first-order valence-corrected chi connectivity index (χ1v) is 8.06. The number of rotatable bonds is 6. The van der Waals surface area contributed by atoms with Crippen LogP contribution in [-0.2, 0) is 11.2 Å². The summed E-state index contributed by atoms with van der Waals surface area (Å²) < 4.78 is 11.7. The fraction of sp³-hybridized carbons (Fsp3) is 0.278. The van der Waals surface area contributed by atoms with Gasteiger partial charge in [0.1, 0.15) is 0 Å². The van der Waals surface area contributed by atoms with E-state index in [0.29, 0.717) is 17.9 Å². The normalized spacial score (nSPS) is 11.7. The highest BCUT2D eigenvalue weighted by Gasteiger charge is 2.16. The molecule has 1 unspecified atom stereocenters. The smallest absolute Gasteiger partial charge is 0.217 e. The molecule has 1 N–H and O–H groups in total. The van der Waals surface area contributed by atoms with Crippen molar-refractivity contribution in [2.24, 2.45) is 0 Å². The highest BCUT2D eigenvalue weighted by atomic mass is 79.9. The minimum absolute atomic E-state index is 0.0677. The largest absolute Gasteiger partial charge is 0.493 e. The summed E-state index contributed by atoms with van der Waals surface area (Å²) in [5.41, 5.74) is 2.11. The summed E-state index contributed by atoms with van der Waals surface area (Å²) in [5, 5.41) is 3.00. The zero-order chi connectivity index (χ0) is 16.8. The molecule has 0 aromatic heterocycles. The Bertz CT molecular complexity index is 670. The summed E-state index contributed by atoms with van der Waals surface area (Å²) in [6, 6.07) is 13.6. The fourth-order valence-electron chi connectivity index (χ4n) is 2.42. The van der Waals surface area contributed by atoms with Crippen molar-refractivity contribution in [3.63, 3.8) is 0 Å². The second kappa shape index (κ2) is 8.02. The molecule has 0 saturated heterocycles. The number of nitrogens with one attached hydrogen (secondary N) is 1.